The Morgan fingerprint density at radius 2 is 1.70 bits per heavy atom. The third-order valence-electron chi connectivity index (χ3n) is 3.33. The number of hydrogen-bond acceptors (Lipinski definition) is 3. The number of nitrogens with one attached hydrogen (secondary N) is 1. The highest BCUT2D eigenvalue weighted by Gasteiger charge is 2.10. The van der Waals surface area contributed by atoms with E-state index in [2.05, 4.69) is 5.32 Å². The van der Waals surface area contributed by atoms with E-state index >= 15 is 0 Å². The molecule has 0 atom stereocenters. The SMILES string of the molecule is COc1ccc(NC(=O)CCc2c(Cl)cccc2Cl)cc1OC. The molecule has 0 aliphatic heterocycles. The van der Waals surface area contributed by atoms with Crippen LogP contribution < -0.4 is 14.8 Å². The summed E-state index contributed by atoms with van der Waals surface area (Å²) in [4.78, 5) is 12.1. The predicted octanol–water partition coefficient (Wildman–Crippen LogP) is 4.58. The van der Waals surface area contributed by atoms with E-state index in [0.717, 1.165) is 5.56 Å². The van der Waals surface area contributed by atoms with Crippen LogP contribution in [0.3, 0.4) is 0 Å². The Morgan fingerprint density at radius 1 is 1.04 bits per heavy atom. The zero-order chi connectivity index (χ0) is 16.8. The highest BCUT2D eigenvalue weighted by atomic mass is 35.5. The topological polar surface area (TPSA) is 47.6 Å². The molecule has 122 valence electrons. The number of benzene rings is 2. The fourth-order valence-electron chi connectivity index (χ4n) is 2.15. The molecular formula is C17H17Cl2NO3. The van der Waals surface area contributed by atoms with E-state index < -0.39 is 0 Å². The third kappa shape index (κ3) is 4.53. The third-order valence-corrected chi connectivity index (χ3v) is 4.04. The molecule has 0 spiro atoms. The Balaban J connectivity index is 2.00. The first-order chi connectivity index (χ1) is 11.0. The van der Waals surface area contributed by atoms with E-state index in [4.69, 9.17) is 32.7 Å². The molecule has 0 aromatic heterocycles. The van der Waals surface area contributed by atoms with Crippen molar-refractivity contribution in [3.63, 3.8) is 0 Å². The standard InChI is InChI=1S/C17H17Cl2NO3/c1-22-15-8-6-11(10-16(15)23-2)20-17(21)9-7-12-13(18)4-3-5-14(12)19/h3-6,8,10H,7,9H2,1-2H3,(H,20,21). The van der Waals surface area contributed by atoms with Crippen molar-refractivity contribution in [1.82, 2.24) is 0 Å². The Morgan fingerprint density at radius 3 is 2.30 bits per heavy atom. The lowest BCUT2D eigenvalue weighted by atomic mass is 10.1. The summed E-state index contributed by atoms with van der Waals surface area (Å²) in [6.45, 7) is 0. The van der Waals surface area contributed by atoms with Crippen LogP contribution in [0.1, 0.15) is 12.0 Å². The summed E-state index contributed by atoms with van der Waals surface area (Å²) in [5, 5.41) is 3.95. The maximum absolute atomic E-state index is 12.1. The van der Waals surface area contributed by atoms with Crippen LogP contribution in [0.2, 0.25) is 10.0 Å². The summed E-state index contributed by atoms with van der Waals surface area (Å²) in [5.74, 6) is 1.03. The lowest BCUT2D eigenvalue weighted by molar-refractivity contribution is -0.116. The van der Waals surface area contributed by atoms with Gasteiger partial charge in [-0.3, -0.25) is 4.79 Å². The number of anilines is 1. The monoisotopic (exact) mass is 353 g/mol. The minimum atomic E-state index is -0.131. The van der Waals surface area contributed by atoms with Crippen LogP contribution >= 0.6 is 23.2 Å². The van der Waals surface area contributed by atoms with Crippen molar-refractivity contribution in [3.05, 3.63) is 52.0 Å². The quantitative estimate of drug-likeness (QED) is 0.826. The molecular weight excluding hydrogens is 337 g/mol. The molecule has 1 N–H and O–H groups in total. The van der Waals surface area contributed by atoms with Crippen LogP contribution in [0.15, 0.2) is 36.4 Å². The number of carbonyl (C=O) groups excluding carboxylic acids is 1. The molecule has 0 aliphatic rings. The average molecular weight is 354 g/mol. The van der Waals surface area contributed by atoms with E-state index in [1.54, 1.807) is 50.6 Å². The first-order valence-electron chi connectivity index (χ1n) is 7.00. The van der Waals surface area contributed by atoms with Crippen molar-refractivity contribution in [3.8, 4) is 11.5 Å². The van der Waals surface area contributed by atoms with Crippen LogP contribution in [0, 0.1) is 0 Å². The molecule has 0 heterocycles. The summed E-state index contributed by atoms with van der Waals surface area (Å²) in [7, 11) is 3.10. The predicted molar refractivity (Wildman–Crippen MR) is 93.0 cm³/mol. The van der Waals surface area contributed by atoms with Gasteiger partial charge in [-0.25, -0.2) is 0 Å². The molecule has 0 saturated heterocycles. The molecule has 4 nitrogen and oxygen atoms in total. The van der Waals surface area contributed by atoms with E-state index in [1.807, 2.05) is 0 Å². The largest absolute Gasteiger partial charge is 0.493 e. The zero-order valence-electron chi connectivity index (χ0n) is 12.9. The number of hydrogen-bond donors (Lipinski definition) is 1. The van der Waals surface area contributed by atoms with Gasteiger partial charge in [0.25, 0.3) is 0 Å². The second-order valence-electron chi connectivity index (χ2n) is 4.82. The van der Waals surface area contributed by atoms with Gasteiger partial charge in [-0.2, -0.15) is 0 Å². The highest BCUT2D eigenvalue weighted by molar-refractivity contribution is 6.36. The second-order valence-corrected chi connectivity index (χ2v) is 5.63. The number of rotatable bonds is 6. The molecule has 0 saturated carbocycles. The lowest BCUT2D eigenvalue weighted by Gasteiger charge is -2.11. The van der Waals surface area contributed by atoms with Gasteiger partial charge in [0.15, 0.2) is 11.5 Å². The van der Waals surface area contributed by atoms with E-state index in [1.165, 1.54) is 0 Å². The van der Waals surface area contributed by atoms with Crippen LogP contribution in [-0.4, -0.2) is 20.1 Å². The summed E-state index contributed by atoms with van der Waals surface area (Å²) in [6, 6.07) is 10.5. The van der Waals surface area contributed by atoms with Crippen LogP contribution in [0.25, 0.3) is 0 Å². The van der Waals surface area contributed by atoms with Gasteiger partial charge in [-0.1, -0.05) is 29.3 Å². The summed E-state index contributed by atoms with van der Waals surface area (Å²) >= 11 is 12.2. The van der Waals surface area contributed by atoms with Gasteiger partial charge >= 0.3 is 0 Å². The molecule has 2 rings (SSSR count). The summed E-state index contributed by atoms with van der Waals surface area (Å²) < 4.78 is 10.4. The van der Waals surface area contributed by atoms with E-state index in [-0.39, 0.29) is 12.3 Å². The lowest BCUT2D eigenvalue weighted by Crippen LogP contribution is -2.12. The maximum atomic E-state index is 12.1. The van der Waals surface area contributed by atoms with Gasteiger partial charge in [0, 0.05) is 28.2 Å². The Kier molecular flexibility index (Phi) is 6.13. The van der Waals surface area contributed by atoms with Gasteiger partial charge in [0.1, 0.15) is 0 Å². The van der Waals surface area contributed by atoms with Crippen molar-refractivity contribution in [1.29, 1.82) is 0 Å². The summed E-state index contributed by atoms with van der Waals surface area (Å²) in [6.07, 6.45) is 0.745. The Hall–Kier alpha value is -1.91. The minimum Gasteiger partial charge on any atom is -0.493 e. The van der Waals surface area contributed by atoms with Gasteiger partial charge in [0.05, 0.1) is 14.2 Å². The zero-order valence-corrected chi connectivity index (χ0v) is 14.4. The molecule has 0 fully saturated rings. The fourth-order valence-corrected chi connectivity index (χ4v) is 2.73. The fraction of sp³-hybridized carbons (Fsp3) is 0.235. The molecule has 0 aliphatic carbocycles. The number of halogens is 2. The molecule has 0 bridgehead atoms. The normalized spacial score (nSPS) is 10.3. The first kappa shape index (κ1) is 17.4. The van der Waals surface area contributed by atoms with Gasteiger partial charge in [-0.05, 0) is 36.2 Å². The second kappa shape index (κ2) is 8.09. The van der Waals surface area contributed by atoms with Crippen LogP contribution in [0.4, 0.5) is 5.69 Å². The molecule has 23 heavy (non-hydrogen) atoms. The van der Waals surface area contributed by atoms with Crippen molar-refractivity contribution < 1.29 is 14.3 Å². The van der Waals surface area contributed by atoms with E-state index in [9.17, 15) is 4.79 Å². The Bertz CT molecular complexity index is 684. The smallest absolute Gasteiger partial charge is 0.224 e. The Labute approximate surface area is 145 Å². The molecule has 0 radical (unpaired) electrons. The molecule has 6 heteroatoms. The van der Waals surface area contributed by atoms with Crippen LogP contribution in [0.5, 0.6) is 11.5 Å². The molecule has 1 amide bonds. The summed E-state index contributed by atoms with van der Waals surface area (Å²) in [5.41, 5.74) is 1.41. The number of amides is 1. The maximum Gasteiger partial charge on any atom is 0.224 e. The molecule has 2 aromatic rings. The van der Waals surface area contributed by atoms with Crippen molar-refractivity contribution in [2.24, 2.45) is 0 Å². The van der Waals surface area contributed by atoms with Gasteiger partial charge < -0.3 is 14.8 Å². The minimum absolute atomic E-state index is 0.131. The number of methoxy groups -OCH3 is 2. The highest BCUT2D eigenvalue weighted by Crippen LogP contribution is 2.30. The van der Waals surface area contributed by atoms with Crippen molar-refractivity contribution >= 4 is 34.8 Å². The van der Waals surface area contributed by atoms with Gasteiger partial charge in [0.2, 0.25) is 5.91 Å². The molecule has 0 unspecified atom stereocenters. The van der Waals surface area contributed by atoms with Crippen LogP contribution in [-0.2, 0) is 11.2 Å². The number of ether oxygens (including phenoxy) is 2. The number of carbonyl (C=O) groups is 1. The van der Waals surface area contributed by atoms with Crippen molar-refractivity contribution in [2.75, 3.05) is 19.5 Å². The molecule has 2 aromatic carbocycles. The first-order valence-corrected chi connectivity index (χ1v) is 7.75. The van der Waals surface area contributed by atoms with Crippen molar-refractivity contribution in [2.45, 2.75) is 12.8 Å². The van der Waals surface area contributed by atoms with Gasteiger partial charge in [-0.15, -0.1) is 0 Å². The average Bonchev–Trinajstić information content (AvgIpc) is 2.54. The van der Waals surface area contributed by atoms with E-state index in [0.29, 0.717) is 33.7 Å².